The highest BCUT2D eigenvalue weighted by atomic mass is 79.9. The maximum absolute atomic E-state index is 13.2. The number of carbonyl (C=O) groups excluding carboxylic acids is 1. The summed E-state index contributed by atoms with van der Waals surface area (Å²) < 4.78 is 3.32. The summed E-state index contributed by atoms with van der Waals surface area (Å²) in [5, 5.41) is 1.40. The number of halogens is 1. The Morgan fingerprint density at radius 3 is 2.70 bits per heavy atom. The van der Waals surface area contributed by atoms with E-state index in [1.165, 1.54) is 11.6 Å². The van der Waals surface area contributed by atoms with Crippen LogP contribution < -0.4 is 11.2 Å². The van der Waals surface area contributed by atoms with Crippen molar-refractivity contribution in [1.29, 1.82) is 0 Å². The molecule has 1 N–H and O–H groups in total. The number of fused-ring (bicyclic) bond motifs is 4. The minimum absolute atomic E-state index is 0.211. The summed E-state index contributed by atoms with van der Waals surface area (Å²) in [6, 6.07) is 9.13. The number of amides is 1. The first kappa shape index (κ1) is 18.8. The topological polar surface area (TPSA) is 93.0 Å². The van der Waals surface area contributed by atoms with Crippen LogP contribution in [0.1, 0.15) is 21.7 Å². The van der Waals surface area contributed by atoms with Crippen LogP contribution in [-0.2, 0) is 27.1 Å². The van der Waals surface area contributed by atoms with Crippen LogP contribution >= 0.6 is 15.9 Å². The van der Waals surface area contributed by atoms with Gasteiger partial charge in [-0.2, -0.15) is 0 Å². The van der Waals surface area contributed by atoms with Gasteiger partial charge in [0.25, 0.3) is 11.5 Å². The predicted molar refractivity (Wildman–Crippen MR) is 117 cm³/mol. The molecule has 152 valence electrons. The normalized spacial score (nSPS) is 13.8. The molecule has 0 spiro atoms. The quantitative estimate of drug-likeness (QED) is 0.463. The third-order valence-electron chi connectivity index (χ3n) is 5.77. The largest absolute Gasteiger partial charge is 0.357 e. The van der Waals surface area contributed by atoms with Crippen molar-refractivity contribution >= 4 is 43.8 Å². The van der Waals surface area contributed by atoms with E-state index >= 15 is 0 Å². The summed E-state index contributed by atoms with van der Waals surface area (Å²) in [6.07, 6.45) is 0.717. The Bertz CT molecular complexity index is 1480. The number of carbonyl (C=O) groups is 1. The molecule has 5 rings (SSSR count). The minimum atomic E-state index is -0.475. The van der Waals surface area contributed by atoms with Crippen molar-refractivity contribution in [3.05, 3.63) is 72.6 Å². The molecule has 0 saturated heterocycles. The molecule has 0 unspecified atom stereocenters. The van der Waals surface area contributed by atoms with Gasteiger partial charge < -0.3 is 9.88 Å². The summed E-state index contributed by atoms with van der Waals surface area (Å²) in [4.78, 5) is 47.4. The van der Waals surface area contributed by atoms with Crippen molar-refractivity contribution in [1.82, 2.24) is 24.0 Å². The molecule has 0 fully saturated rings. The smallest absolute Gasteiger partial charge is 0.332 e. The second-order valence-corrected chi connectivity index (χ2v) is 8.35. The van der Waals surface area contributed by atoms with E-state index in [-0.39, 0.29) is 17.2 Å². The lowest BCUT2D eigenvalue weighted by Gasteiger charge is -2.27. The average molecular weight is 468 g/mol. The van der Waals surface area contributed by atoms with Crippen molar-refractivity contribution in [3.63, 3.8) is 0 Å². The lowest BCUT2D eigenvalue weighted by Crippen LogP contribution is -2.38. The second kappa shape index (κ2) is 6.66. The zero-order valence-electron chi connectivity index (χ0n) is 16.4. The molecule has 30 heavy (non-hydrogen) atoms. The molecule has 1 amide bonds. The number of nitrogens with one attached hydrogen (secondary N) is 1. The van der Waals surface area contributed by atoms with Crippen LogP contribution in [0.5, 0.6) is 0 Å². The molecule has 1 aromatic carbocycles. The third-order valence-corrected chi connectivity index (χ3v) is 6.43. The minimum Gasteiger partial charge on any atom is -0.357 e. The molecule has 4 aromatic rings. The number of hydrogen-bond donors (Lipinski definition) is 1. The molecule has 9 heteroatoms. The summed E-state index contributed by atoms with van der Waals surface area (Å²) in [7, 11) is 2.97. The van der Waals surface area contributed by atoms with E-state index in [0.29, 0.717) is 18.5 Å². The van der Waals surface area contributed by atoms with Gasteiger partial charge in [0, 0.05) is 54.7 Å². The molecule has 1 aliphatic heterocycles. The first-order chi connectivity index (χ1) is 14.4. The highest BCUT2D eigenvalue weighted by Crippen LogP contribution is 2.32. The van der Waals surface area contributed by atoms with Crippen LogP contribution in [0.2, 0.25) is 0 Å². The summed E-state index contributed by atoms with van der Waals surface area (Å²) >= 11 is 3.57. The van der Waals surface area contributed by atoms with E-state index in [4.69, 9.17) is 0 Å². The number of rotatable bonds is 1. The number of pyridine rings is 1. The van der Waals surface area contributed by atoms with Gasteiger partial charge in [0.05, 0.1) is 10.9 Å². The molecule has 0 atom stereocenters. The molecule has 0 radical (unpaired) electrons. The lowest BCUT2D eigenvalue weighted by atomic mass is 10.0. The zero-order valence-corrected chi connectivity index (χ0v) is 18.0. The SMILES string of the molecule is Cn1c(=O)c2ccc(C(=O)N3CCc4[nH]c5c(Br)cccc5c4C3)nc2n(C)c1=O. The number of benzene rings is 1. The first-order valence-corrected chi connectivity index (χ1v) is 10.3. The fourth-order valence-corrected chi connectivity index (χ4v) is 4.58. The van der Waals surface area contributed by atoms with Crippen LogP contribution in [0.3, 0.4) is 0 Å². The van der Waals surface area contributed by atoms with Gasteiger partial charge in [-0.15, -0.1) is 0 Å². The number of hydrogen-bond acceptors (Lipinski definition) is 4. The Hall–Kier alpha value is -3.20. The van der Waals surface area contributed by atoms with Crippen LogP contribution in [0.15, 0.2) is 44.4 Å². The van der Waals surface area contributed by atoms with E-state index in [0.717, 1.165) is 37.6 Å². The molecule has 0 aliphatic carbocycles. The van der Waals surface area contributed by atoms with Gasteiger partial charge in [0.1, 0.15) is 11.3 Å². The number of aromatic nitrogens is 4. The van der Waals surface area contributed by atoms with Crippen LogP contribution in [0.25, 0.3) is 21.9 Å². The maximum Gasteiger partial charge on any atom is 0.332 e. The Kier molecular flexibility index (Phi) is 4.18. The van der Waals surface area contributed by atoms with E-state index in [1.54, 1.807) is 24.1 Å². The van der Waals surface area contributed by atoms with Gasteiger partial charge in [-0.1, -0.05) is 12.1 Å². The maximum atomic E-state index is 13.2. The summed E-state index contributed by atoms with van der Waals surface area (Å²) in [6.45, 7) is 1.03. The number of aryl methyl sites for hydroxylation is 1. The first-order valence-electron chi connectivity index (χ1n) is 9.51. The number of aromatic amines is 1. The lowest BCUT2D eigenvalue weighted by molar-refractivity contribution is 0.0729. The Balaban J connectivity index is 1.55. The molecular weight excluding hydrogens is 450 g/mol. The Morgan fingerprint density at radius 1 is 1.10 bits per heavy atom. The van der Waals surface area contributed by atoms with E-state index in [2.05, 4.69) is 25.9 Å². The van der Waals surface area contributed by atoms with Crippen LogP contribution in [-0.4, -0.2) is 36.5 Å². The molecule has 4 heterocycles. The van der Waals surface area contributed by atoms with Crippen LogP contribution in [0, 0.1) is 0 Å². The van der Waals surface area contributed by atoms with E-state index in [1.807, 2.05) is 18.2 Å². The monoisotopic (exact) mass is 467 g/mol. The second-order valence-electron chi connectivity index (χ2n) is 7.49. The average Bonchev–Trinajstić information content (AvgIpc) is 3.14. The molecule has 3 aromatic heterocycles. The highest BCUT2D eigenvalue weighted by Gasteiger charge is 2.26. The number of para-hydroxylation sites is 1. The van der Waals surface area contributed by atoms with Gasteiger partial charge in [-0.3, -0.25) is 18.7 Å². The summed E-state index contributed by atoms with van der Waals surface area (Å²) in [5.41, 5.74) is 2.80. The van der Waals surface area contributed by atoms with E-state index < -0.39 is 11.2 Å². The molecule has 0 bridgehead atoms. The van der Waals surface area contributed by atoms with Crippen molar-refractivity contribution in [2.75, 3.05) is 6.54 Å². The third kappa shape index (κ3) is 2.65. The van der Waals surface area contributed by atoms with Crippen molar-refractivity contribution in [2.24, 2.45) is 14.1 Å². The van der Waals surface area contributed by atoms with Crippen molar-refractivity contribution in [3.8, 4) is 0 Å². The zero-order chi connectivity index (χ0) is 21.2. The Labute approximate surface area is 178 Å². The van der Waals surface area contributed by atoms with Crippen molar-refractivity contribution in [2.45, 2.75) is 13.0 Å². The van der Waals surface area contributed by atoms with Gasteiger partial charge in [0.2, 0.25) is 0 Å². The van der Waals surface area contributed by atoms with E-state index in [9.17, 15) is 14.4 Å². The van der Waals surface area contributed by atoms with Gasteiger partial charge in [-0.05, 0) is 34.1 Å². The molecule has 1 aliphatic rings. The predicted octanol–water partition coefficient (Wildman–Crippen LogP) is 2.07. The molecular formula is C21H18BrN5O3. The molecule has 8 nitrogen and oxygen atoms in total. The van der Waals surface area contributed by atoms with Gasteiger partial charge >= 0.3 is 5.69 Å². The fourth-order valence-electron chi connectivity index (χ4n) is 4.11. The molecule has 0 saturated carbocycles. The van der Waals surface area contributed by atoms with Crippen LogP contribution in [0.4, 0.5) is 0 Å². The van der Waals surface area contributed by atoms with Crippen molar-refractivity contribution < 1.29 is 4.79 Å². The highest BCUT2D eigenvalue weighted by molar-refractivity contribution is 9.10. The Morgan fingerprint density at radius 2 is 1.90 bits per heavy atom. The standard InChI is InChI=1S/C21H18BrN5O3/c1-25-18-12(19(28)26(2)21(25)30)6-7-16(24-18)20(29)27-9-8-15-13(10-27)11-4-3-5-14(22)17(11)23-15/h3-7,23H,8-10H2,1-2H3. The number of H-pyrrole nitrogens is 1. The fraction of sp³-hybridized carbons (Fsp3) is 0.238. The summed E-state index contributed by atoms with van der Waals surface area (Å²) in [5.74, 6) is -0.222. The van der Waals surface area contributed by atoms with Gasteiger partial charge in [0.15, 0.2) is 0 Å². The number of nitrogens with zero attached hydrogens (tertiary/aromatic N) is 4. The van der Waals surface area contributed by atoms with Gasteiger partial charge in [-0.25, -0.2) is 9.78 Å².